The van der Waals surface area contributed by atoms with Crippen LogP contribution in [0.15, 0.2) is 36.5 Å². The molecule has 1 radical (unpaired) electrons. The fourth-order valence-electron chi connectivity index (χ4n) is 2.75. The number of carbonyl (C=O) groups excluding carboxylic acids is 1. The molecule has 0 aliphatic carbocycles. The van der Waals surface area contributed by atoms with E-state index in [1.54, 1.807) is 0 Å². The standard InChI is InChI=1S/C22H36NO4/c1-2-3-15-18-21(23(26)27)22(25)19-16-13-11-9-7-5-4-6-8-10-12-14-17-20-24/h4-5,7,9,13,16,21-22,25H,2-3,6,8,10-12,14-15,17-19H2,1H3/b5-4-,9-7-,16-13-. The summed E-state index contributed by atoms with van der Waals surface area (Å²) in [6.45, 7) is 2.06. The largest absolute Gasteiger partial charge is 0.386 e. The fraction of sp³-hybridized carbons (Fsp3) is 0.682. The van der Waals surface area contributed by atoms with Gasteiger partial charge in [0.25, 0.3) is 0 Å². The lowest BCUT2D eigenvalue weighted by Gasteiger charge is -2.14. The molecule has 0 saturated carbocycles. The van der Waals surface area contributed by atoms with E-state index in [1.807, 2.05) is 36.7 Å². The summed E-state index contributed by atoms with van der Waals surface area (Å²) in [7, 11) is 0. The Morgan fingerprint density at radius 1 is 1.00 bits per heavy atom. The summed E-state index contributed by atoms with van der Waals surface area (Å²) in [6, 6.07) is -0.865. The summed E-state index contributed by atoms with van der Waals surface area (Å²) in [4.78, 5) is 20.8. The van der Waals surface area contributed by atoms with Gasteiger partial charge >= 0.3 is 0 Å². The number of rotatable bonds is 18. The number of unbranched alkanes of at least 4 members (excludes halogenated alkanes) is 7. The third kappa shape index (κ3) is 16.2. The van der Waals surface area contributed by atoms with Crippen LogP contribution < -0.4 is 0 Å². The summed E-state index contributed by atoms with van der Waals surface area (Å²) in [5.41, 5.74) is 0. The van der Waals surface area contributed by atoms with E-state index in [0.717, 1.165) is 57.8 Å². The molecule has 2 unspecified atom stereocenters. The minimum Gasteiger partial charge on any atom is -0.386 e. The molecule has 0 saturated heterocycles. The van der Waals surface area contributed by atoms with Gasteiger partial charge in [-0.25, -0.2) is 0 Å². The van der Waals surface area contributed by atoms with E-state index in [1.165, 1.54) is 0 Å². The normalized spacial score (nSPS) is 14.3. The maximum Gasteiger partial charge on any atom is 0.238 e. The number of aliphatic hydroxyl groups excluding tert-OH is 1. The Hall–Kier alpha value is -1.75. The van der Waals surface area contributed by atoms with Crippen LogP contribution in [0.25, 0.3) is 0 Å². The molecule has 0 aromatic rings. The van der Waals surface area contributed by atoms with Gasteiger partial charge in [0.15, 0.2) is 6.29 Å². The Morgan fingerprint density at radius 3 is 2.44 bits per heavy atom. The minimum atomic E-state index is -0.915. The van der Waals surface area contributed by atoms with Crippen LogP contribution in [0.2, 0.25) is 0 Å². The van der Waals surface area contributed by atoms with E-state index in [9.17, 15) is 20.0 Å². The van der Waals surface area contributed by atoms with Gasteiger partial charge in [0.2, 0.25) is 6.04 Å². The molecule has 0 fully saturated rings. The lowest BCUT2D eigenvalue weighted by atomic mass is 10.0. The summed E-state index contributed by atoms with van der Waals surface area (Å²) in [6.07, 6.45) is 23.1. The monoisotopic (exact) mass is 378 g/mol. The van der Waals surface area contributed by atoms with Crippen LogP contribution in [-0.2, 0) is 4.79 Å². The van der Waals surface area contributed by atoms with Crippen molar-refractivity contribution in [3.63, 3.8) is 0 Å². The van der Waals surface area contributed by atoms with Crippen molar-refractivity contribution in [2.45, 2.75) is 96.1 Å². The quantitative estimate of drug-likeness (QED) is 0.113. The molecule has 153 valence electrons. The van der Waals surface area contributed by atoms with Crippen LogP contribution in [-0.4, -0.2) is 28.5 Å². The number of allylic oxidation sites excluding steroid dienone is 5. The zero-order valence-electron chi connectivity index (χ0n) is 16.7. The molecular weight excluding hydrogens is 342 g/mol. The molecule has 0 amide bonds. The predicted molar refractivity (Wildman–Crippen MR) is 111 cm³/mol. The maximum absolute atomic E-state index is 11.1. The lowest BCUT2D eigenvalue weighted by molar-refractivity contribution is -0.535. The first-order chi connectivity index (χ1) is 13.1. The van der Waals surface area contributed by atoms with Gasteiger partial charge < -0.3 is 5.11 Å². The number of aliphatic hydroxyl groups is 1. The molecule has 0 aliphatic rings. The smallest absolute Gasteiger partial charge is 0.238 e. The third-order valence-corrected chi connectivity index (χ3v) is 4.42. The molecule has 0 aliphatic heterocycles. The van der Waals surface area contributed by atoms with Gasteiger partial charge in [0, 0.05) is 17.8 Å². The van der Waals surface area contributed by atoms with Crippen molar-refractivity contribution in [1.82, 2.24) is 0 Å². The fourth-order valence-corrected chi connectivity index (χ4v) is 2.75. The Balaban J connectivity index is 3.84. The molecule has 5 nitrogen and oxygen atoms in total. The van der Waals surface area contributed by atoms with Gasteiger partial charge in [-0.15, -0.1) is 0 Å². The SMILES string of the molecule is CCCCCC(C(O)C/C=C\C/C=C\C=C/CCCCCC[C]=O)[N+](=O)[O-]. The third-order valence-electron chi connectivity index (χ3n) is 4.42. The van der Waals surface area contributed by atoms with Crippen molar-refractivity contribution in [3.05, 3.63) is 46.6 Å². The second-order valence-corrected chi connectivity index (χ2v) is 6.81. The predicted octanol–water partition coefficient (Wildman–Crippen LogP) is 5.47. The van der Waals surface area contributed by atoms with Crippen molar-refractivity contribution >= 4 is 6.29 Å². The van der Waals surface area contributed by atoms with Crippen LogP contribution in [0.3, 0.4) is 0 Å². The molecule has 0 aromatic carbocycles. The Bertz CT molecular complexity index is 457. The topological polar surface area (TPSA) is 80.4 Å². The van der Waals surface area contributed by atoms with Crippen molar-refractivity contribution in [2.24, 2.45) is 0 Å². The van der Waals surface area contributed by atoms with Crippen molar-refractivity contribution in [2.75, 3.05) is 0 Å². The van der Waals surface area contributed by atoms with E-state index in [4.69, 9.17) is 0 Å². The number of nitro groups is 1. The number of nitrogens with zero attached hydrogens (tertiary/aromatic N) is 1. The zero-order chi connectivity index (χ0) is 20.2. The molecule has 1 N–H and O–H groups in total. The molecule has 27 heavy (non-hydrogen) atoms. The average molecular weight is 379 g/mol. The van der Waals surface area contributed by atoms with Gasteiger partial charge in [-0.2, -0.15) is 0 Å². The number of hydrogen-bond acceptors (Lipinski definition) is 4. The van der Waals surface area contributed by atoms with E-state index in [0.29, 0.717) is 19.3 Å². The molecule has 0 aromatic heterocycles. The van der Waals surface area contributed by atoms with E-state index in [2.05, 4.69) is 13.0 Å². The molecule has 5 heteroatoms. The van der Waals surface area contributed by atoms with Crippen LogP contribution in [0.4, 0.5) is 0 Å². The highest BCUT2D eigenvalue weighted by molar-refractivity contribution is 5.50. The first-order valence-electron chi connectivity index (χ1n) is 10.3. The van der Waals surface area contributed by atoms with Gasteiger partial charge in [-0.05, 0) is 38.5 Å². The summed E-state index contributed by atoms with van der Waals surface area (Å²) < 4.78 is 0. The molecule has 0 heterocycles. The van der Waals surface area contributed by atoms with Gasteiger partial charge in [-0.3, -0.25) is 14.9 Å². The van der Waals surface area contributed by atoms with Gasteiger partial charge in [0.1, 0.15) is 6.10 Å². The minimum absolute atomic E-state index is 0.323. The van der Waals surface area contributed by atoms with Crippen LogP contribution in [0, 0.1) is 10.1 Å². The molecule has 0 rings (SSSR count). The van der Waals surface area contributed by atoms with Crippen LogP contribution in [0.1, 0.15) is 84.0 Å². The summed E-state index contributed by atoms with van der Waals surface area (Å²) >= 11 is 0. The molecular formula is C22H36NO4. The molecule has 0 spiro atoms. The second-order valence-electron chi connectivity index (χ2n) is 6.81. The summed E-state index contributed by atoms with van der Waals surface area (Å²) in [5, 5.41) is 21.1. The van der Waals surface area contributed by atoms with E-state index >= 15 is 0 Å². The van der Waals surface area contributed by atoms with Crippen LogP contribution >= 0.6 is 0 Å². The second kappa shape index (κ2) is 19.0. The Kier molecular flexibility index (Phi) is 17.8. The first-order valence-corrected chi connectivity index (χ1v) is 10.3. The Labute approximate surface area is 164 Å². The highest BCUT2D eigenvalue weighted by Gasteiger charge is 2.27. The maximum atomic E-state index is 11.1. The number of hydrogen-bond donors (Lipinski definition) is 1. The first kappa shape index (κ1) is 25.2. The lowest BCUT2D eigenvalue weighted by Crippen LogP contribution is -2.33. The van der Waals surface area contributed by atoms with E-state index < -0.39 is 12.1 Å². The van der Waals surface area contributed by atoms with Crippen molar-refractivity contribution in [1.29, 1.82) is 0 Å². The van der Waals surface area contributed by atoms with Crippen molar-refractivity contribution < 1.29 is 14.8 Å². The Morgan fingerprint density at radius 2 is 1.74 bits per heavy atom. The highest BCUT2D eigenvalue weighted by atomic mass is 16.6. The van der Waals surface area contributed by atoms with Crippen molar-refractivity contribution in [3.8, 4) is 0 Å². The van der Waals surface area contributed by atoms with E-state index in [-0.39, 0.29) is 4.92 Å². The molecule has 2 atom stereocenters. The average Bonchev–Trinajstić information content (AvgIpc) is 2.65. The zero-order valence-corrected chi connectivity index (χ0v) is 16.7. The van der Waals surface area contributed by atoms with Gasteiger partial charge in [0.05, 0.1) is 0 Å². The van der Waals surface area contributed by atoms with Crippen LogP contribution in [0.5, 0.6) is 0 Å². The van der Waals surface area contributed by atoms with Gasteiger partial charge in [-0.1, -0.05) is 69.1 Å². The molecule has 0 bridgehead atoms. The summed E-state index contributed by atoms with van der Waals surface area (Å²) in [5.74, 6) is 0. The highest BCUT2D eigenvalue weighted by Crippen LogP contribution is 2.13.